The van der Waals surface area contributed by atoms with Crippen molar-refractivity contribution in [3.8, 4) is 0 Å². The molecule has 8 nitrogen and oxygen atoms in total. The molecule has 1 aromatic heterocycles. The van der Waals surface area contributed by atoms with Gasteiger partial charge >= 0.3 is 0 Å². The minimum atomic E-state index is -3.84. The normalized spacial score (nSPS) is 21.8. The number of rotatable bonds is 5. The van der Waals surface area contributed by atoms with Crippen LogP contribution in [-0.2, 0) is 14.8 Å². The molecule has 1 aromatic rings. The summed E-state index contributed by atoms with van der Waals surface area (Å²) >= 11 is 0. The van der Waals surface area contributed by atoms with Crippen LogP contribution < -0.4 is 5.32 Å². The number of hydrogen-bond acceptors (Lipinski definition) is 4. The van der Waals surface area contributed by atoms with Crippen LogP contribution in [0.1, 0.15) is 86.0 Å². The summed E-state index contributed by atoms with van der Waals surface area (Å²) in [5, 5.41) is 3.18. The minimum Gasteiger partial charge on any atom is -0.361 e. The molecule has 3 fully saturated rings. The van der Waals surface area contributed by atoms with Crippen LogP contribution in [0.5, 0.6) is 0 Å². The van der Waals surface area contributed by atoms with Crippen LogP contribution in [0.4, 0.5) is 0 Å². The zero-order chi connectivity index (χ0) is 23.6. The van der Waals surface area contributed by atoms with E-state index < -0.39 is 10.0 Å². The maximum Gasteiger partial charge on any atom is 0.257 e. The van der Waals surface area contributed by atoms with Crippen molar-refractivity contribution in [3.05, 3.63) is 17.0 Å². The monoisotopic (exact) mass is 478 g/mol. The Kier molecular flexibility index (Phi) is 7.48. The summed E-state index contributed by atoms with van der Waals surface area (Å²) in [6.45, 7) is 5.42. The Balaban J connectivity index is 1.46. The molecule has 33 heavy (non-hydrogen) atoms. The quantitative estimate of drug-likeness (QED) is 0.679. The molecule has 2 amide bonds. The van der Waals surface area contributed by atoms with Crippen molar-refractivity contribution in [2.24, 2.45) is 5.92 Å². The maximum atomic E-state index is 13.7. The zero-order valence-electron chi connectivity index (χ0n) is 20.0. The molecule has 0 bridgehead atoms. The summed E-state index contributed by atoms with van der Waals surface area (Å²) in [5.41, 5.74) is 1.39. The van der Waals surface area contributed by atoms with Crippen molar-refractivity contribution < 1.29 is 18.0 Å². The van der Waals surface area contributed by atoms with Gasteiger partial charge in [0, 0.05) is 49.5 Å². The van der Waals surface area contributed by atoms with E-state index in [0.29, 0.717) is 50.4 Å². The van der Waals surface area contributed by atoms with Crippen LogP contribution in [0, 0.1) is 19.8 Å². The lowest BCUT2D eigenvalue weighted by Crippen LogP contribution is -2.46. The Hall–Kier alpha value is -1.87. The molecule has 0 aromatic carbocycles. The third-order valence-corrected chi connectivity index (χ3v) is 9.62. The van der Waals surface area contributed by atoms with Gasteiger partial charge in [0.15, 0.2) is 0 Å². The molecule has 2 saturated heterocycles. The van der Waals surface area contributed by atoms with Crippen molar-refractivity contribution in [3.63, 3.8) is 0 Å². The van der Waals surface area contributed by atoms with Gasteiger partial charge in [-0.3, -0.25) is 9.59 Å². The molecule has 4 rings (SSSR count). The predicted molar refractivity (Wildman–Crippen MR) is 127 cm³/mol. The second-order valence-electron chi connectivity index (χ2n) is 9.95. The highest BCUT2D eigenvalue weighted by molar-refractivity contribution is 7.89. The summed E-state index contributed by atoms with van der Waals surface area (Å²) in [6, 6.07) is 0.266. The third kappa shape index (κ3) is 5.14. The molecule has 3 heterocycles. The second-order valence-corrected chi connectivity index (χ2v) is 11.8. The second kappa shape index (κ2) is 10.2. The van der Waals surface area contributed by atoms with Gasteiger partial charge in [-0.05, 0) is 58.8 Å². The average molecular weight is 479 g/mol. The lowest BCUT2D eigenvalue weighted by molar-refractivity contribution is -0.127. The number of hydrogen-bond donors (Lipinski definition) is 2. The van der Waals surface area contributed by atoms with E-state index in [1.54, 1.807) is 18.7 Å². The van der Waals surface area contributed by atoms with Crippen LogP contribution in [0.2, 0.25) is 0 Å². The summed E-state index contributed by atoms with van der Waals surface area (Å²) in [5.74, 6) is -0.285. The SMILES string of the molecule is Cc1[nH]c(C)c(S(=O)(=O)N2CCC(C(=O)NC3CCCCC3)CC2)c1C(=O)N1CCCCC1. The van der Waals surface area contributed by atoms with E-state index in [1.165, 1.54) is 10.7 Å². The van der Waals surface area contributed by atoms with E-state index in [-0.39, 0.29) is 34.2 Å². The summed E-state index contributed by atoms with van der Waals surface area (Å²) in [7, 11) is -3.84. The molecule has 1 aliphatic carbocycles. The first kappa shape index (κ1) is 24.3. The summed E-state index contributed by atoms with van der Waals surface area (Å²) in [4.78, 5) is 31.0. The van der Waals surface area contributed by atoms with E-state index >= 15 is 0 Å². The molecule has 184 valence electrons. The van der Waals surface area contributed by atoms with Crippen molar-refractivity contribution in [2.45, 2.75) is 89.0 Å². The number of H-pyrrole nitrogens is 1. The molecule has 9 heteroatoms. The smallest absolute Gasteiger partial charge is 0.257 e. The number of nitrogens with zero attached hydrogens (tertiary/aromatic N) is 2. The molecular weight excluding hydrogens is 440 g/mol. The number of amides is 2. The van der Waals surface area contributed by atoms with Gasteiger partial charge in [-0.2, -0.15) is 4.31 Å². The van der Waals surface area contributed by atoms with Gasteiger partial charge in [0.1, 0.15) is 4.90 Å². The molecule has 0 radical (unpaired) electrons. The molecule has 2 N–H and O–H groups in total. The van der Waals surface area contributed by atoms with E-state index in [4.69, 9.17) is 0 Å². The van der Waals surface area contributed by atoms with E-state index in [2.05, 4.69) is 10.3 Å². The highest BCUT2D eigenvalue weighted by atomic mass is 32.2. The number of nitrogens with one attached hydrogen (secondary N) is 2. The number of aryl methyl sites for hydroxylation is 2. The Morgan fingerprint density at radius 3 is 2.09 bits per heavy atom. The molecule has 3 aliphatic rings. The first-order valence-corrected chi connectivity index (χ1v) is 14.0. The van der Waals surface area contributed by atoms with Gasteiger partial charge in [-0.25, -0.2) is 8.42 Å². The Morgan fingerprint density at radius 2 is 1.45 bits per heavy atom. The molecular formula is C24H38N4O4S. The van der Waals surface area contributed by atoms with Gasteiger partial charge in [0.25, 0.3) is 5.91 Å². The maximum absolute atomic E-state index is 13.7. The number of sulfonamides is 1. The number of carbonyl (C=O) groups excluding carboxylic acids is 2. The van der Waals surface area contributed by atoms with Gasteiger partial charge in [-0.15, -0.1) is 0 Å². The highest BCUT2D eigenvalue weighted by Gasteiger charge is 2.38. The fraction of sp³-hybridized carbons (Fsp3) is 0.750. The van der Waals surface area contributed by atoms with Gasteiger partial charge in [0.2, 0.25) is 15.9 Å². The largest absolute Gasteiger partial charge is 0.361 e. The van der Waals surface area contributed by atoms with E-state index in [0.717, 1.165) is 44.9 Å². The Labute approximate surface area is 197 Å². The van der Waals surface area contributed by atoms with Crippen molar-refractivity contribution in [2.75, 3.05) is 26.2 Å². The first-order chi connectivity index (χ1) is 15.8. The fourth-order valence-electron chi connectivity index (χ4n) is 5.65. The van der Waals surface area contributed by atoms with Crippen molar-refractivity contribution in [1.82, 2.24) is 19.5 Å². The first-order valence-electron chi connectivity index (χ1n) is 12.6. The molecule has 2 aliphatic heterocycles. The van der Waals surface area contributed by atoms with Crippen LogP contribution in [-0.4, -0.2) is 66.6 Å². The number of aromatic nitrogens is 1. The van der Waals surface area contributed by atoms with Crippen LogP contribution in [0.15, 0.2) is 4.90 Å². The summed E-state index contributed by atoms with van der Waals surface area (Å²) in [6.07, 6.45) is 9.67. The van der Waals surface area contributed by atoms with Crippen molar-refractivity contribution in [1.29, 1.82) is 0 Å². The number of piperidine rings is 2. The number of carbonyl (C=O) groups is 2. The van der Waals surface area contributed by atoms with Gasteiger partial charge in [0.05, 0.1) is 5.56 Å². The molecule has 1 saturated carbocycles. The predicted octanol–water partition coefficient (Wildman–Crippen LogP) is 3.11. The van der Waals surface area contributed by atoms with E-state index in [1.807, 2.05) is 0 Å². The van der Waals surface area contributed by atoms with Crippen LogP contribution in [0.25, 0.3) is 0 Å². The highest BCUT2D eigenvalue weighted by Crippen LogP contribution is 2.31. The van der Waals surface area contributed by atoms with E-state index in [9.17, 15) is 18.0 Å². The molecule has 0 spiro atoms. The Morgan fingerprint density at radius 1 is 0.848 bits per heavy atom. The fourth-order valence-corrected chi connectivity index (χ4v) is 7.53. The minimum absolute atomic E-state index is 0.0635. The zero-order valence-corrected chi connectivity index (χ0v) is 20.8. The van der Waals surface area contributed by atoms with Crippen LogP contribution in [0.3, 0.4) is 0 Å². The number of aromatic amines is 1. The lowest BCUT2D eigenvalue weighted by atomic mass is 9.93. The topological polar surface area (TPSA) is 103 Å². The van der Waals surface area contributed by atoms with Gasteiger partial charge < -0.3 is 15.2 Å². The van der Waals surface area contributed by atoms with Crippen LogP contribution >= 0.6 is 0 Å². The van der Waals surface area contributed by atoms with Crippen molar-refractivity contribution >= 4 is 21.8 Å². The lowest BCUT2D eigenvalue weighted by Gasteiger charge is -2.32. The summed E-state index contributed by atoms with van der Waals surface area (Å²) < 4.78 is 28.8. The molecule has 0 unspecified atom stereocenters. The Bertz CT molecular complexity index is 967. The molecule has 0 atom stereocenters. The average Bonchev–Trinajstić information content (AvgIpc) is 3.14. The standard InChI is InChI=1S/C24H38N4O4S/c1-17-21(24(30)27-13-7-4-8-14-27)22(18(2)25-17)33(31,32)28-15-11-19(12-16-28)23(29)26-20-9-5-3-6-10-20/h19-20,25H,3-16H2,1-2H3,(H,26,29). The van der Waals surface area contributed by atoms with Gasteiger partial charge in [-0.1, -0.05) is 19.3 Å². The third-order valence-electron chi connectivity index (χ3n) is 7.55. The number of likely N-dealkylation sites (tertiary alicyclic amines) is 1.